The lowest BCUT2D eigenvalue weighted by Crippen LogP contribution is -2.16. The van der Waals surface area contributed by atoms with Crippen molar-refractivity contribution in [1.82, 2.24) is 0 Å². The Bertz CT molecular complexity index is 613. The SMILES string of the molecule is CC1N=C(c2ccc(Cl)c(S(N)(=O)=O)c2)OC1C. The number of hydrogen-bond acceptors (Lipinski definition) is 4. The molecule has 98 valence electrons. The first kappa shape index (κ1) is 13.3. The summed E-state index contributed by atoms with van der Waals surface area (Å²) in [4.78, 5) is 4.18. The number of halogens is 1. The molecule has 1 heterocycles. The largest absolute Gasteiger partial charge is 0.472 e. The topological polar surface area (TPSA) is 81.8 Å². The van der Waals surface area contributed by atoms with Gasteiger partial charge in [0.15, 0.2) is 0 Å². The molecule has 1 aromatic rings. The van der Waals surface area contributed by atoms with Crippen molar-refractivity contribution in [2.24, 2.45) is 10.1 Å². The monoisotopic (exact) mass is 288 g/mol. The molecule has 7 heteroatoms. The molecular formula is C11H13ClN2O3S. The first-order valence-corrected chi connectivity index (χ1v) is 7.28. The van der Waals surface area contributed by atoms with Crippen LogP contribution in [-0.4, -0.2) is 26.5 Å². The van der Waals surface area contributed by atoms with Crippen LogP contribution in [0.15, 0.2) is 28.1 Å². The number of sulfonamides is 1. The predicted octanol–water partition coefficient (Wildman–Crippen LogP) is 1.54. The third-order valence-electron chi connectivity index (χ3n) is 2.78. The van der Waals surface area contributed by atoms with E-state index in [1.807, 2.05) is 13.8 Å². The Kier molecular flexibility index (Phi) is 3.35. The van der Waals surface area contributed by atoms with Crippen LogP contribution in [0.2, 0.25) is 5.02 Å². The van der Waals surface area contributed by atoms with E-state index in [0.29, 0.717) is 11.5 Å². The molecule has 0 amide bonds. The zero-order chi connectivity index (χ0) is 13.5. The number of nitrogens with zero attached hydrogens (tertiary/aromatic N) is 1. The summed E-state index contributed by atoms with van der Waals surface area (Å²) < 4.78 is 28.3. The quantitative estimate of drug-likeness (QED) is 0.896. The molecule has 1 aliphatic heterocycles. The minimum absolute atomic E-state index is 0.0337. The second-order valence-corrected chi connectivity index (χ2v) is 6.13. The molecule has 0 bridgehead atoms. The normalized spacial score (nSPS) is 23.7. The number of primary sulfonamides is 1. The van der Waals surface area contributed by atoms with Gasteiger partial charge in [0.25, 0.3) is 0 Å². The maximum atomic E-state index is 11.4. The second kappa shape index (κ2) is 4.53. The summed E-state index contributed by atoms with van der Waals surface area (Å²) in [5.41, 5.74) is 0.555. The van der Waals surface area contributed by atoms with Crippen LogP contribution in [0.25, 0.3) is 0 Å². The lowest BCUT2D eigenvalue weighted by atomic mass is 10.2. The Morgan fingerprint density at radius 1 is 1.39 bits per heavy atom. The molecule has 0 spiro atoms. The number of rotatable bonds is 2. The number of hydrogen-bond donors (Lipinski definition) is 1. The average Bonchev–Trinajstić information content (AvgIpc) is 2.58. The maximum absolute atomic E-state index is 11.4. The van der Waals surface area contributed by atoms with Gasteiger partial charge in [-0.25, -0.2) is 18.5 Å². The van der Waals surface area contributed by atoms with Crippen LogP contribution in [0.4, 0.5) is 0 Å². The standard InChI is InChI=1S/C11H13ClN2O3S/c1-6-7(2)17-11(14-6)8-3-4-9(12)10(5-8)18(13,15)16/h3-7H,1-2H3,(H2,13,15,16). The van der Waals surface area contributed by atoms with Crippen molar-refractivity contribution in [1.29, 1.82) is 0 Å². The zero-order valence-electron chi connectivity index (χ0n) is 9.92. The zero-order valence-corrected chi connectivity index (χ0v) is 11.5. The number of nitrogens with two attached hydrogens (primary N) is 1. The van der Waals surface area contributed by atoms with Gasteiger partial charge in [-0.1, -0.05) is 11.6 Å². The summed E-state index contributed by atoms with van der Waals surface area (Å²) in [5.74, 6) is 0.413. The molecule has 18 heavy (non-hydrogen) atoms. The average molecular weight is 289 g/mol. The minimum atomic E-state index is -3.86. The molecule has 2 rings (SSSR count). The third-order valence-corrected chi connectivity index (χ3v) is 4.17. The van der Waals surface area contributed by atoms with E-state index in [9.17, 15) is 8.42 Å². The van der Waals surface area contributed by atoms with E-state index in [1.54, 1.807) is 6.07 Å². The Hall–Kier alpha value is -1.11. The van der Waals surface area contributed by atoms with Gasteiger partial charge in [-0.2, -0.15) is 0 Å². The minimum Gasteiger partial charge on any atom is -0.472 e. The van der Waals surface area contributed by atoms with E-state index in [0.717, 1.165) is 0 Å². The van der Waals surface area contributed by atoms with Gasteiger partial charge in [-0.05, 0) is 32.0 Å². The number of aliphatic imine (C=N–C) groups is 1. The van der Waals surface area contributed by atoms with E-state index < -0.39 is 10.0 Å². The summed E-state index contributed by atoms with van der Waals surface area (Å²) in [6.45, 7) is 3.83. The highest BCUT2D eigenvalue weighted by Crippen LogP contribution is 2.24. The van der Waals surface area contributed by atoms with Crippen molar-refractivity contribution in [2.45, 2.75) is 30.9 Å². The maximum Gasteiger partial charge on any atom is 0.239 e. The second-order valence-electron chi connectivity index (χ2n) is 4.19. The summed E-state index contributed by atoms with van der Waals surface area (Å²) in [7, 11) is -3.86. The van der Waals surface area contributed by atoms with Crippen molar-refractivity contribution < 1.29 is 13.2 Å². The highest BCUT2D eigenvalue weighted by atomic mass is 35.5. The fourth-order valence-electron chi connectivity index (χ4n) is 1.59. The van der Waals surface area contributed by atoms with Gasteiger partial charge in [-0.3, -0.25) is 0 Å². The molecule has 0 aromatic heterocycles. The highest BCUT2D eigenvalue weighted by molar-refractivity contribution is 7.89. The predicted molar refractivity (Wildman–Crippen MR) is 69.4 cm³/mol. The van der Waals surface area contributed by atoms with Gasteiger partial charge >= 0.3 is 0 Å². The summed E-state index contributed by atoms with van der Waals surface area (Å²) in [5, 5.41) is 5.17. The van der Waals surface area contributed by atoms with Gasteiger partial charge in [-0.15, -0.1) is 0 Å². The molecular weight excluding hydrogens is 276 g/mol. The summed E-state index contributed by atoms with van der Waals surface area (Å²) >= 11 is 5.81. The number of ether oxygens (including phenoxy) is 1. The number of benzene rings is 1. The van der Waals surface area contributed by atoms with Gasteiger partial charge in [0.1, 0.15) is 11.0 Å². The molecule has 2 atom stereocenters. The lowest BCUT2D eigenvalue weighted by molar-refractivity contribution is 0.219. The van der Waals surface area contributed by atoms with Crippen LogP contribution < -0.4 is 5.14 Å². The van der Waals surface area contributed by atoms with Crippen LogP contribution in [0.1, 0.15) is 19.4 Å². The molecule has 0 saturated heterocycles. The molecule has 2 N–H and O–H groups in total. The Balaban J connectivity index is 2.47. The fraction of sp³-hybridized carbons (Fsp3) is 0.364. The molecule has 2 unspecified atom stereocenters. The fourth-order valence-corrected chi connectivity index (χ4v) is 2.66. The molecule has 5 nitrogen and oxygen atoms in total. The van der Waals surface area contributed by atoms with Crippen molar-refractivity contribution >= 4 is 27.5 Å². The van der Waals surface area contributed by atoms with Crippen molar-refractivity contribution in [3.05, 3.63) is 28.8 Å². The Morgan fingerprint density at radius 2 is 2.06 bits per heavy atom. The van der Waals surface area contributed by atoms with E-state index in [2.05, 4.69) is 4.99 Å². The van der Waals surface area contributed by atoms with Crippen molar-refractivity contribution in [3.8, 4) is 0 Å². The van der Waals surface area contributed by atoms with E-state index in [-0.39, 0.29) is 22.1 Å². The third kappa shape index (κ3) is 2.50. The van der Waals surface area contributed by atoms with E-state index in [4.69, 9.17) is 21.5 Å². The van der Waals surface area contributed by atoms with Crippen LogP contribution in [0.5, 0.6) is 0 Å². The van der Waals surface area contributed by atoms with Gasteiger partial charge < -0.3 is 4.74 Å². The molecule has 0 fully saturated rings. The molecule has 0 radical (unpaired) electrons. The highest BCUT2D eigenvalue weighted by Gasteiger charge is 2.25. The van der Waals surface area contributed by atoms with E-state index >= 15 is 0 Å². The van der Waals surface area contributed by atoms with Crippen molar-refractivity contribution in [3.63, 3.8) is 0 Å². The lowest BCUT2D eigenvalue weighted by Gasteiger charge is -2.09. The summed E-state index contributed by atoms with van der Waals surface area (Å²) in [6.07, 6.45) is -0.0337. The van der Waals surface area contributed by atoms with Crippen molar-refractivity contribution in [2.75, 3.05) is 0 Å². The first-order valence-electron chi connectivity index (χ1n) is 5.36. The molecule has 1 aliphatic rings. The molecule has 0 saturated carbocycles. The van der Waals surface area contributed by atoms with Crippen LogP contribution in [0.3, 0.4) is 0 Å². The van der Waals surface area contributed by atoms with E-state index in [1.165, 1.54) is 12.1 Å². The molecule has 0 aliphatic carbocycles. The van der Waals surface area contributed by atoms with Gasteiger partial charge in [0, 0.05) is 5.56 Å². The van der Waals surface area contributed by atoms with Gasteiger partial charge in [0.05, 0.1) is 11.1 Å². The first-order chi connectivity index (χ1) is 8.29. The Labute approximate surface area is 111 Å². The smallest absolute Gasteiger partial charge is 0.239 e. The van der Waals surface area contributed by atoms with Gasteiger partial charge in [0.2, 0.25) is 15.9 Å². The Morgan fingerprint density at radius 3 is 2.56 bits per heavy atom. The van der Waals surface area contributed by atoms with Crippen LogP contribution in [-0.2, 0) is 14.8 Å². The summed E-state index contributed by atoms with van der Waals surface area (Å²) in [6, 6.07) is 4.53. The van der Waals surface area contributed by atoms with Crippen LogP contribution in [0, 0.1) is 0 Å². The molecule has 1 aromatic carbocycles. The van der Waals surface area contributed by atoms with Crippen LogP contribution >= 0.6 is 11.6 Å².